The van der Waals surface area contributed by atoms with Crippen molar-refractivity contribution in [1.29, 1.82) is 0 Å². The molecule has 0 heterocycles. The fourth-order valence-corrected chi connectivity index (χ4v) is 13.1. The van der Waals surface area contributed by atoms with Crippen LogP contribution in [0, 0.1) is 0 Å². The summed E-state index contributed by atoms with van der Waals surface area (Å²) >= 11 is 0. The number of hydrogen-bond acceptors (Lipinski definition) is 2. The molecule has 4 aromatic rings. The Kier molecular flexibility index (Phi) is 14.2. The molecule has 0 radical (unpaired) electrons. The third kappa shape index (κ3) is 7.73. The van der Waals surface area contributed by atoms with Gasteiger partial charge in [0, 0.05) is 0 Å². The van der Waals surface area contributed by atoms with Crippen molar-refractivity contribution in [2.24, 2.45) is 0 Å². The molecular weight excluding hydrogens is 798 g/mol. The molecule has 0 aromatic heterocycles. The van der Waals surface area contributed by atoms with Gasteiger partial charge in [0.15, 0.2) is 0 Å². The van der Waals surface area contributed by atoms with Crippen molar-refractivity contribution in [3.8, 4) is 11.5 Å². The van der Waals surface area contributed by atoms with Gasteiger partial charge in [0.25, 0.3) is 0 Å². The van der Waals surface area contributed by atoms with E-state index in [2.05, 4.69) is 141 Å². The molecule has 0 N–H and O–H groups in total. The number of rotatable bonds is 12. The molecule has 2 nitrogen and oxygen atoms in total. The van der Waals surface area contributed by atoms with E-state index in [1.165, 1.54) is 57.6 Å². The number of benzene rings is 2. The molecule has 0 aliphatic rings. The molecule has 0 atom stereocenters. The molecule has 0 aliphatic heterocycles. The van der Waals surface area contributed by atoms with Crippen LogP contribution in [0.4, 0.5) is 0 Å². The van der Waals surface area contributed by atoms with Gasteiger partial charge < -0.3 is 33.7 Å². The van der Waals surface area contributed by atoms with Crippen molar-refractivity contribution in [2.45, 2.75) is 117 Å². The summed E-state index contributed by atoms with van der Waals surface area (Å²) in [5.41, 5.74) is 0. The Morgan fingerprint density at radius 2 is 0.909 bits per heavy atom. The minimum Gasteiger partial charge on any atom is -1.00 e. The zero-order valence-corrected chi connectivity index (χ0v) is 37.3. The molecule has 4 rings (SSSR count). The van der Waals surface area contributed by atoms with E-state index in [9.17, 15) is 0 Å². The van der Waals surface area contributed by atoms with Crippen molar-refractivity contribution in [3.05, 3.63) is 60.7 Å². The summed E-state index contributed by atoms with van der Waals surface area (Å²) in [7, 11) is -6.48. The van der Waals surface area contributed by atoms with Crippen molar-refractivity contribution in [3.63, 3.8) is 0 Å². The number of fused-ring (bicyclic) bond motifs is 2. The monoisotopic (exact) mass is 852 g/mol. The third-order valence-electron chi connectivity index (χ3n) is 10.6. The van der Waals surface area contributed by atoms with Crippen molar-refractivity contribution >= 4 is 56.6 Å². The number of halogens is 2. The van der Waals surface area contributed by atoms with Gasteiger partial charge in [-0.2, -0.15) is 0 Å². The molecular formula is C36H54Cl2HfO2Si3. The van der Waals surface area contributed by atoms with Gasteiger partial charge in [0.05, 0.1) is 8.07 Å². The number of hydrogen-bond donors (Lipinski definition) is 0. The van der Waals surface area contributed by atoms with Crippen LogP contribution in [-0.2, 0) is 25.8 Å². The van der Waals surface area contributed by atoms with Gasteiger partial charge in [-0.25, -0.2) is 0 Å². The third-order valence-corrected chi connectivity index (χ3v) is 22.5. The molecule has 0 aliphatic carbocycles. The van der Waals surface area contributed by atoms with E-state index in [-0.39, 0.29) is 60.7 Å². The molecule has 0 bridgehead atoms. The first-order chi connectivity index (χ1) is 19.0. The molecule has 240 valence electrons. The Balaban J connectivity index is 0.00000323. The Morgan fingerprint density at radius 1 is 0.591 bits per heavy atom. The maximum Gasteiger partial charge on any atom is 4.00 e. The first-order valence-electron chi connectivity index (χ1n) is 15.7. The average molecular weight is 852 g/mol. The average Bonchev–Trinajstić information content (AvgIpc) is 3.43. The largest absolute Gasteiger partial charge is 4.00 e. The van der Waals surface area contributed by atoms with Gasteiger partial charge in [-0.1, -0.05) is 79.6 Å². The van der Waals surface area contributed by atoms with E-state index in [0.717, 1.165) is 11.5 Å². The molecule has 4 aromatic carbocycles. The van der Waals surface area contributed by atoms with Gasteiger partial charge in [-0.05, 0) is 60.6 Å². The minimum atomic E-state index is -2.27. The van der Waals surface area contributed by atoms with Gasteiger partial charge in [0.1, 0.15) is 0 Å². The van der Waals surface area contributed by atoms with Crippen LogP contribution in [0.3, 0.4) is 0 Å². The molecule has 0 fully saturated rings. The first-order valence-corrected chi connectivity index (χ1v) is 24.6. The minimum absolute atomic E-state index is 0. The fourth-order valence-electron chi connectivity index (χ4n) is 6.32. The van der Waals surface area contributed by atoms with E-state index in [1.807, 2.05) is 0 Å². The maximum absolute atomic E-state index is 7.35. The summed E-state index contributed by atoms with van der Waals surface area (Å²) in [4.78, 5) is 0. The van der Waals surface area contributed by atoms with E-state index < -0.39 is 24.7 Å². The summed E-state index contributed by atoms with van der Waals surface area (Å²) in [6.07, 6.45) is 4.72. The van der Waals surface area contributed by atoms with Crippen molar-refractivity contribution in [1.82, 2.24) is 0 Å². The Morgan fingerprint density at radius 3 is 1.23 bits per heavy atom. The molecule has 0 amide bonds. The van der Waals surface area contributed by atoms with E-state index in [4.69, 9.17) is 8.85 Å². The van der Waals surface area contributed by atoms with Crippen LogP contribution in [0.15, 0.2) is 60.7 Å². The summed E-state index contributed by atoms with van der Waals surface area (Å²) in [5, 5.41) is 8.24. The van der Waals surface area contributed by atoms with Crippen LogP contribution in [-0.4, -0.2) is 24.7 Å². The second-order valence-corrected chi connectivity index (χ2v) is 28.6. The van der Waals surface area contributed by atoms with Crippen LogP contribution in [0.1, 0.15) is 67.2 Å². The molecule has 0 saturated heterocycles. The second-order valence-electron chi connectivity index (χ2n) is 15.1. The topological polar surface area (TPSA) is 18.5 Å². The summed E-state index contributed by atoms with van der Waals surface area (Å²) in [5.74, 6) is 2.27. The predicted molar refractivity (Wildman–Crippen MR) is 190 cm³/mol. The van der Waals surface area contributed by atoms with Crippen molar-refractivity contribution < 1.29 is 59.5 Å². The quantitative estimate of drug-likeness (QED) is 0.154. The van der Waals surface area contributed by atoms with Crippen LogP contribution >= 0.6 is 0 Å². The molecule has 0 spiro atoms. The SMILES string of the molecule is CCCC(C)(C)[Si](C)(C)Oc1c([Si](C)(C)c2[cH-]c3ccccc3c2O[Si](C)(C)C(C)(C)CCC)[cH-]c2ccccc12.[Cl-].[Cl-].[Hf+4]. The van der Waals surface area contributed by atoms with Gasteiger partial charge in [-0.15, -0.1) is 80.4 Å². The van der Waals surface area contributed by atoms with Crippen LogP contribution in [0.2, 0.25) is 49.4 Å². The summed E-state index contributed by atoms with van der Waals surface area (Å²) in [6.45, 7) is 28.9. The van der Waals surface area contributed by atoms with E-state index >= 15 is 0 Å². The first kappa shape index (κ1) is 41.4. The Bertz CT molecular complexity index is 1410. The van der Waals surface area contributed by atoms with E-state index in [1.54, 1.807) is 0 Å². The zero-order valence-electron chi connectivity index (χ0n) is 29.2. The molecule has 8 heteroatoms. The summed E-state index contributed by atoms with van der Waals surface area (Å²) in [6, 6.07) is 22.6. The standard InChI is InChI=1S/C36H54O2Si3.2ClH.Hf/c1-13-23-35(3,4)40(9,10)37-33-29-21-17-15-19-27(29)25-31(33)39(7,8)32-26-28-20-16-18-22-30(28)34(32)38-41(11,12)36(5,6)24-14-2;;;/h15-22,25-26H,13-14,23-24H2,1-12H3;2*1H;/q-2;;;+4/p-2. The van der Waals surface area contributed by atoms with Crippen LogP contribution in [0.5, 0.6) is 11.5 Å². The molecule has 0 unspecified atom stereocenters. The second kappa shape index (κ2) is 15.1. The molecule has 44 heavy (non-hydrogen) atoms. The summed E-state index contributed by atoms with van der Waals surface area (Å²) < 4.78 is 14.7. The predicted octanol–water partition coefficient (Wildman–Crippen LogP) is 4.59. The van der Waals surface area contributed by atoms with Gasteiger partial charge in [-0.3, -0.25) is 0 Å². The Hall–Kier alpha value is -0.639. The van der Waals surface area contributed by atoms with Crippen molar-refractivity contribution in [2.75, 3.05) is 0 Å². The smallest absolute Gasteiger partial charge is 1.00 e. The zero-order chi connectivity index (χ0) is 30.4. The van der Waals surface area contributed by atoms with E-state index in [0.29, 0.717) is 0 Å². The van der Waals surface area contributed by atoms with Gasteiger partial charge >= 0.3 is 25.8 Å². The van der Waals surface area contributed by atoms with Crippen LogP contribution in [0.25, 0.3) is 21.5 Å². The maximum atomic E-state index is 7.35. The van der Waals surface area contributed by atoms with Crippen LogP contribution < -0.4 is 44.0 Å². The fraction of sp³-hybridized carbons (Fsp3) is 0.500. The molecule has 0 saturated carbocycles. The Labute approximate surface area is 302 Å². The van der Waals surface area contributed by atoms with Gasteiger partial charge in [0.2, 0.25) is 16.6 Å². The normalized spacial score (nSPS) is 12.8.